The molecule has 0 saturated heterocycles. The summed E-state index contributed by atoms with van der Waals surface area (Å²) in [6, 6.07) is 5.81. The van der Waals surface area contributed by atoms with Gasteiger partial charge in [-0.2, -0.15) is 0 Å². The maximum atomic E-state index is 12.7. The van der Waals surface area contributed by atoms with Crippen LogP contribution in [-0.2, 0) is 4.79 Å². The maximum absolute atomic E-state index is 12.7. The van der Waals surface area contributed by atoms with Gasteiger partial charge >= 0.3 is 0 Å². The van der Waals surface area contributed by atoms with Gasteiger partial charge in [0.15, 0.2) is 0 Å². The third-order valence-electron chi connectivity index (χ3n) is 2.36. The lowest BCUT2D eigenvalue weighted by Crippen LogP contribution is -2.37. The van der Waals surface area contributed by atoms with E-state index in [-0.39, 0.29) is 24.8 Å². The van der Waals surface area contributed by atoms with E-state index in [4.69, 9.17) is 11.2 Å². The maximum Gasteiger partial charge on any atom is 0.234 e. The van der Waals surface area contributed by atoms with Crippen molar-refractivity contribution in [2.45, 2.75) is 0 Å². The molecular weight excluding hydrogens is 247 g/mol. The van der Waals surface area contributed by atoms with E-state index in [0.29, 0.717) is 18.9 Å². The zero-order valence-electron chi connectivity index (χ0n) is 10.9. The number of amides is 1. The Hall–Kier alpha value is -2.06. The Balaban J connectivity index is 2.20. The fourth-order valence-electron chi connectivity index (χ4n) is 1.38. The average Bonchev–Trinajstić information content (AvgIpc) is 2.38. The Kier molecular flexibility index (Phi) is 6.41. The van der Waals surface area contributed by atoms with Gasteiger partial charge in [-0.05, 0) is 31.3 Å². The normalized spacial score (nSPS) is 10.0. The number of hydrogen-bond donors (Lipinski definition) is 1. The largest absolute Gasteiger partial charge is 0.492 e. The Morgan fingerprint density at radius 2 is 2.16 bits per heavy atom. The van der Waals surface area contributed by atoms with Crippen LogP contribution >= 0.6 is 0 Å². The van der Waals surface area contributed by atoms with Crippen molar-refractivity contribution in [3.8, 4) is 18.1 Å². The molecule has 0 fully saturated rings. The van der Waals surface area contributed by atoms with Crippen LogP contribution in [0.25, 0.3) is 0 Å². The lowest BCUT2D eigenvalue weighted by Gasteiger charge is -2.16. The summed E-state index contributed by atoms with van der Waals surface area (Å²) in [7, 11) is 1.81. The zero-order chi connectivity index (χ0) is 14.1. The monoisotopic (exact) mass is 264 g/mol. The lowest BCUT2D eigenvalue weighted by atomic mass is 10.3. The minimum absolute atomic E-state index is 0.123. The third kappa shape index (κ3) is 6.43. The second-order valence-electron chi connectivity index (χ2n) is 4.02. The number of carbonyl (C=O) groups excluding carboxylic acids is 1. The molecule has 0 aliphatic rings. The van der Waals surface area contributed by atoms with Gasteiger partial charge in [0.25, 0.3) is 0 Å². The third-order valence-corrected chi connectivity index (χ3v) is 2.36. The summed E-state index contributed by atoms with van der Waals surface area (Å²) in [6.07, 6.45) is 5.04. The molecule has 19 heavy (non-hydrogen) atoms. The second kappa shape index (κ2) is 8.11. The lowest BCUT2D eigenvalue weighted by molar-refractivity contribution is -0.121. The summed E-state index contributed by atoms with van der Waals surface area (Å²) in [4.78, 5) is 13.2. The molecule has 1 aromatic rings. The first-order valence-corrected chi connectivity index (χ1v) is 5.89. The smallest absolute Gasteiger partial charge is 0.234 e. The summed E-state index contributed by atoms with van der Waals surface area (Å²) in [5.74, 6) is 2.52. The van der Waals surface area contributed by atoms with Crippen molar-refractivity contribution in [2.75, 3.05) is 33.3 Å². The van der Waals surface area contributed by atoms with E-state index in [0.717, 1.165) is 0 Å². The number of halogens is 1. The van der Waals surface area contributed by atoms with E-state index in [1.54, 1.807) is 12.1 Å². The van der Waals surface area contributed by atoms with Gasteiger partial charge in [-0.15, -0.1) is 6.42 Å². The van der Waals surface area contributed by atoms with Crippen LogP contribution in [0.15, 0.2) is 24.3 Å². The van der Waals surface area contributed by atoms with Crippen LogP contribution in [0.3, 0.4) is 0 Å². The van der Waals surface area contributed by atoms with Gasteiger partial charge in [0.2, 0.25) is 5.91 Å². The number of benzene rings is 1. The number of nitrogens with one attached hydrogen (secondary N) is 1. The number of likely N-dealkylation sites (N-methyl/N-ethyl adjacent to an activating group) is 1. The highest BCUT2D eigenvalue weighted by Gasteiger charge is 2.05. The number of rotatable bonds is 7. The quantitative estimate of drug-likeness (QED) is 0.744. The molecule has 0 heterocycles. The van der Waals surface area contributed by atoms with E-state index in [9.17, 15) is 9.18 Å². The van der Waals surface area contributed by atoms with Crippen molar-refractivity contribution < 1.29 is 13.9 Å². The molecule has 0 aromatic heterocycles. The molecule has 1 rings (SSSR count). The van der Waals surface area contributed by atoms with Crippen LogP contribution in [-0.4, -0.2) is 44.1 Å². The molecule has 0 spiro atoms. The summed E-state index contributed by atoms with van der Waals surface area (Å²) < 4.78 is 18.1. The van der Waals surface area contributed by atoms with Crippen molar-refractivity contribution >= 4 is 5.91 Å². The molecule has 1 N–H and O–H groups in total. The summed E-state index contributed by atoms with van der Waals surface area (Å²) in [6.45, 7) is 1.50. The number of ether oxygens (including phenoxy) is 1. The first kappa shape index (κ1) is 15.0. The summed E-state index contributed by atoms with van der Waals surface area (Å²) in [5.41, 5.74) is 0. The highest BCUT2D eigenvalue weighted by atomic mass is 19.1. The van der Waals surface area contributed by atoms with Crippen molar-refractivity contribution in [1.29, 1.82) is 0 Å². The Morgan fingerprint density at radius 1 is 1.47 bits per heavy atom. The molecule has 0 radical (unpaired) electrons. The van der Waals surface area contributed by atoms with Crippen molar-refractivity contribution in [1.82, 2.24) is 10.2 Å². The van der Waals surface area contributed by atoms with Gasteiger partial charge in [-0.3, -0.25) is 9.69 Å². The molecule has 102 valence electrons. The Bertz CT molecular complexity index is 440. The molecular formula is C14H17FN2O2. The molecule has 1 amide bonds. The minimum Gasteiger partial charge on any atom is -0.492 e. The fourth-order valence-corrected chi connectivity index (χ4v) is 1.38. The van der Waals surface area contributed by atoms with Gasteiger partial charge in [-0.25, -0.2) is 4.39 Å². The van der Waals surface area contributed by atoms with Gasteiger partial charge in [0.05, 0.1) is 13.1 Å². The Labute approximate surface area is 112 Å². The molecule has 1 aromatic carbocycles. The SMILES string of the molecule is C#CCNC(=O)CN(C)CCOc1ccc(F)cc1. The van der Waals surface area contributed by atoms with Crippen LogP contribution in [0.4, 0.5) is 4.39 Å². The van der Waals surface area contributed by atoms with Gasteiger partial charge in [0.1, 0.15) is 18.2 Å². The average molecular weight is 264 g/mol. The Morgan fingerprint density at radius 3 is 2.79 bits per heavy atom. The number of terminal acetylenes is 1. The predicted octanol–water partition coefficient (Wildman–Crippen LogP) is 0.886. The van der Waals surface area contributed by atoms with Crippen LogP contribution in [0.1, 0.15) is 0 Å². The van der Waals surface area contributed by atoms with Gasteiger partial charge in [0, 0.05) is 6.54 Å². The topological polar surface area (TPSA) is 41.6 Å². The predicted molar refractivity (Wildman–Crippen MR) is 71.2 cm³/mol. The van der Waals surface area contributed by atoms with E-state index in [2.05, 4.69) is 11.2 Å². The molecule has 0 atom stereocenters. The van der Waals surface area contributed by atoms with Gasteiger partial charge < -0.3 is 10.1 Å². The molecule has 0 unspecified atom stereocenters. The zero-order valence-corrected chi connectivity index (χ0v) is 10.9. The van der Waals surface area contributed by atoms with E-state index in [1.165, 1.54) is 12.1 Å². The molecule has 0 aliphatic heterocycles. The van der Waals surface area contributed by atoms with E-state index < -0.39 is 0 Å². The van der Waals surface area contributed by atoms with E-state index >= 15 is 0 Å². The fraction of sp³-hybridized carbons (Fsp3) is 0.357. The van der Waals surface area contributed by atoms with Crippen LogP contribution in [0, 0.1) is 18.2 Å². The van der Waals surface area contributed by atoms with E-state index in [1.807, 2.05) is 11.9 Å². The van der Waals surface area contributed by atoms with Crippen LogP contribution < -0.4 is 10.1 Å². The highest BCUT2D eigenvalue weighted by molar-refractivity contribution is 5.78. The van der Waals surface area contributed by atoms with Crippen molar-refractivity contribution in [3.05, 3.63) is 30.1 Å². The van der Waals surface area contributed by atoms with Gasteiger partial charge in [-0.1, -0.05) is 5.92 Å². The van der Waals surface area contributed by atoms with Crippen molar-refractivity contribution in [3.63, 3.8) is 0 Å². The standard InChI is InChI=1S/C14H17FN2O2/c1-3-8-16-14(18)11-17(2)9-10-19-13-6-4-12(15)5-7-13/h1,4-7H,8-11H2,2H3,(H,16,18). The molecule has 0 bridgehead atoms. The summed E-state index contributed by atoms with van der Waals surface area (Å²) >= 11 is 0. The van der Waals surface area contributed by atoms with Crippen molar-refractivity contribution in [2.24, 2.45) is 0 Å². The number of nitrogens with zero attached hydrogens (tertiary/aromatic N) is 1. The number of carbonyl (C=O) groups is 1. The summed E-state index contributed by atoms with van der Waals surface area (Å²) in [5, 5.41) is 2.58. The second-order valence-corrected chi connectivity index (χ2v) is 4.02. The molecule has 0 aliphatic carbocycles. The molecule has 4 nitrogen and oxygen atoms in total. The minimum atomic E-state index is -0.297. The van der Waals surface area contributed by atoms with Crippen LogP contribution in [0.2, 0.25) is 0 Å². The highest BCUT2D eigenvalue weighted by Crippen LogP contribution is 2.10. The molecule has 0 saturated carbocycles. The first-order valence-electron chi connectivity index (χ1n) is 5.89. The number of hydrogen-bond acceptors (Lipinski definition) is 3. The van der Waals surface area contributed by atoms with Crippen LogP contribution in [0.5, 0.6) is 5.75 Å². The first-order chi connectivity index (χ1) is 9.11. The molecule has 5 heteroatoms.